The average molecular weight is 402 g/mol. The van der Waals surface area contributed by atoms with E-state index in [1.807, 2.05) is 48.5 Å². The van der Waals surface area contributed by atoms with Crippen molar-refractivity contribution in [3.63, 3.8) is 0 Å². The molecule has 0 aliphatic rings. The second kappa shape index (κ2) is 9.35. The summed E-state index contributed by atoms with van der Waals surface area (Å²) in [5, 5.41) is 5.80. The molecule has 0 bridgehead atoms. The molecule has 0 fully saturated rings. The second-order valence-corrected chi connectivity index (χ2v) is 8.25. The summed E-state index contributed by atoms with van der Waals surface area (Å²) in [5.41, 5.74) is 4.33. The number of nitrogens with one attached hydrogen (secondary N) is 2. The molecule has 2 N–H and O–H groups in total. The standard InChI is InChI=1S/C25H27N3O2/c1-25(2,3)22-12-10-21(11-13-22)24(30)27-16-18-6-8-20(9-7-18)23(29)28-17-19-5-4-14-26-15-19/h4-15H,16-17H2,1-3H3,(H,27,30)(H,28,29). The van der Waals surface area contributed by atoms with Gasteiger partial charge in [-0.2, -0.15) is 0 Å². The molecule has 5 heteroatoms. The van der Waals surface area contributed by atoms with Crippen LogP contribution in [0.5, 0.6) is 0 Å². The molecule has 3 rings (SSSR count). The van der Waals surface area contributed by atoms with Crippen LogP contribution in [0.4, 0.5) is 0 Å². The molecule has 0 spiro atoms. The van der Waals surface area contributed by atoms with Crippen molar-refractivity contribution in [2.45, 2.75) is 39.3 Å². The zero-order chi connectivity index (χ0) is 21.6. The van der Waals surface area contributed by atoms with Crippen molar-refractivity contribution in [1.82, 2.24) is 15.6 Å². The van der Waals surface area contributed by atoms with Gasteiger partial charge in [-0.05, 0) is 52.4 Å². The van der Waals surface area contributed by atoms with Crippen LogP contribution in [-0.2, 0) is 18.5 Å². The maximum atomic E-state index is 12.4. The van der Waals surface area contributed by atoms with Gasteiger partial charge in [0.15, 0.2) is 0 Å². The summed E-state index contributed by atoms with van der Waals surface area (Å²) < 4.78 is 0. The van der Waals surface area contributed by atoms with Crippen molar-refractivity contribution in [2.24, 2.45) is 0 Å². The Morgan fingerprint density at radius 1 is 0.767 bits per heavy atom. The largest absolute Gasteiger partial charge is 0.348 e. The first-order chi connectivity index (χ1) is 14.3. The molecule has 0 saturated carbocycles. The fourth-order valence-corrected chi connectivity index (χ4v) is 2.97. The highest BCUT2D eigenvalue weighted by Crippen LogP contribution is 2.22. The zero-order valence-corrected chi connectivity index (χ0v) is 17.6. The van der Waals surface area contributed by atoms with Crippen LogP contribution in [0.15, 0.2) is 73.1 Å². The first-order valence-electron chi connectivity index (χ1n) is 9.98. The Kier molecular flexibility index (Phi) is 6.62. The number of amides is 2. The topological polar surface area (TPSA) is 71.1 Å². The molecule has 0 radical (unpaired) electrons. The first kappa shape index (κ1) is 21.2. The summed E-state index contributed by atoms with van der Waals surface area (Å²) in [4.78, 5) is 28.7. The predicted octanol–water partition coefficient (Wildman–Crippen LogP) is 4.24. The Balaban J connectivity index is 1.51. The lowest BCUT2D eigenvalue weighted by atomic mass is 9.87. The van der Waals surface area contributed by atoms with E-state index in [0.717, 1.165) is 11.1 Å². The Morgan fingerprint density at radius 3 is 1.80 bits per heavy atom. The SMILES string of the molecule is CC(C)(C)c1ccc(C(=O)NCc2ccc(C(=O)NCc3cccnc3)cc2)cc1. The van der Waals surface area contributed by atoms with Crippen LogP contribution in [0.1, 0.15) is 58.2 Å². The fourth-order valence-electron chi connectivity index (χ4n) is 2.97. The lowest BCUT2D eigenvalue weighted by Crippen LogP contribution is -2.24. The van der Waals surface area contributed by atoms with E-state index in [4.69, 9.17) is 0 Å². The van der Waals surface area contributed by atoms with Gasteiger partial charge in [0.2, 0.25) is 0 Å². The molecule has 154 valence electrons. The Morgan fingerprint density at radius 2 is 1.30 bits per heavy atom. The van der Waals surface area contributed by atoms with E-state index in [-0.39, 0.29) is 17.2 Å². The van der Waals surface area contributed by atoms with E-state index in [1.54, 1.807) is 24.5 Å². The molecule has 5 nitrogen and oxygen atoms in total. The van der Waals surface area contributed by atoms with Crippen LogP contribution >= 0.6 is 0 Å². The van der Waals surface area contributed by atoms with Crippen LogP contribution in [-0.4, -0.2) is 16.8 Å². The molecule has 0 unspecified atom stereocenters. The van der Waals surface area contributed by atoms with Gasteiger partial charge in [-0.3, -0.25) is 14.6 Å². The second-order valence-electron chi connectivity index (χ2n) is 8.25. The lowest BCUT2D eigenvalue weighted by molar-refractivity contribution is 0.0941. The summed E-state index contributed by atoms with van der Waals surface area (Å²) >= 11 is 0. The molecule has 0 saturated heterocycles. The monoisotopic (exact) mass is 401 g/mol. The molecule has 30 heavy (non-hydrogen) atoms. The van der Waals surface area contributed by atoms with Gasteiger partial charge in [0.05, 0.1) is 0 Å². The number of carbonyl (C=O) groups excluding carboxylic acids is 2. The Hall–Kier alpha value is -3.47. The number of benzene rings is 2. The third-order valence-electron chi connectivity index (χ3n) is 4.86. The van der Waals surface area contributed by atoms with E-state index in [1.165, 1.54) is 5.56 Å². The van der Waals surface area contributed by atoms with Crippen LogP contribution in [0.25, 0.3) is 0 Å². The molecule has 2 amide bonds. The summed E-state index contributed by atoms with van der Waals surface area (Å²) in [6, 6.07) is 18.7. The van der Waals surface area contributed by atoms with Crippen molar-refractivity contribution in [2.75, 3.05) is 0 Å². The minimum Gasteiger partial charge on any atom is -0.348 e. The minimum atomic E-state index is -0.145. The summed E-state index contributed by atoms with van der Waals surface area (Å²) in [6.07, 6.45) is 3.42. The highest BCUT2D eigenvalue weighted by molar-refractivity contribution is 5.95. The normalized spacial score (nSPS) is 11.0. The zero-order valence-electron chi connectivity index (χ0n) is 17.6. The molecular formula is C25H27N3O2. The number of nitrogens with zero attached hydrogens (tertiary/aromatic N) is 1. The lowest BCUT2D eigenvalue weighted by Gasteiger charge is -2.19. The van der Waals surface area contributed by atoms with Gasteiger partial charge in [0.1, 0.15) is 0 Å². The van der Waals surface area contributed by atoms with Crippen molar-refractivity contribution in [3.8, 4) is 0 Å². The van der Waals surface area contributed by atoms with Gasteiger partial charge in [-0.1, -0.05) is 51.1 Å². The van der Waals surface area contributed by atoms with Crippen LogP contribution in [0.3, 0.4) is 0 Å². The third kappa shape index (κ3) is 5.77. The number of hydrogen-bond donors (Lipinski definition) is 2. The summed E-state index contributed by atoms with van der Waals surface area (Å²) in [5.74, 6) is -0.262. The van der Waals surface area contributed by atoms with Crippen LogP contribution in [0.2, 0.25) is 0 Å². The van der Waals surface area contributed by atoms with Crippen LogP contribution in [0, 0.1) is 0 Å². The Bertz CT molecular complexity index is 989. The first-order valence-corrected chi connectivity index (χ1v) is 9.98. The summed E-state index contributed by atoms with van der Waals surface area (Å²) in [6.45, 7) is 7.26. The van der Waals surface area contributed by atoms with E-state index >= 15 is 0 Å². The molecular weight excluding hydrogens is 374 g/mol. The van der Waals surface area contributed by atoms with Gasteiger partial charge >= 0.3 is 0 Å². The summed E-state index contributed by atoms with van der Waals surface area (Å²) in [7, 11) is 0. The van der Waals surface area contributed by atoms with E-state index in [0.29, 0.717) is 24.2 Å². The maximum Gasteiger partial charge on any atom is 0.251 e. The van der Waals surface area contributed by atoms with Crippen molar-refractivity contribution in [3.05, 3.63) is 101 Å². The van der Waals surface area contributed by atoms with Gasteiger partial charge in [-0.25, -0.2) is 0 Å². The van der Waals surface area contributed by atoms with E-state index in [9.17, 15) is 9.59 Å². The Labute approximate surface area is 177 Å². The van der Waals surface area contributed by atoms with Crippen molar-refractivity contribution in [1.29, 1.82) is 0 Å². The van der Waals surface area contributed by atoms with Gasteiger partial charge in [0.25, 0.3) is 11.8 Å². The number of pyridine rings is 1. The number of rotatable bonds is 6. The van der Waals surface area contributed by atoms with Crippen LogP contribution < -0.4 is 10.6 Å². The number of hydrogen-bond acceptors (Lipinski definition) is 3. The van der Waals surface area contributed by atoms with Crippen molar-refractivity contribution >= 4 is 11.8 Å². The maximum absolute atomic E-state index is 12.4. The molecule has 2 aromatic carbocycles. The fraction of sp³-hybridized carbons (Fsp3) is 0.240. The number of carbonyl (C=O) groups is 2. The molecule has 0 atom stereocenters. The van der Waals surface area contributed by atoms with Gasteiger partial charge < -0.3 is 10.6 Å². The van der Waals surface area contributed by atoms with Gasteiger partial charge in [0, 0.05) is 36.6 Å². The number of aromatic nitrogens is 1. The third-order valence-corrected chi connectivity index (χ3v) is 4.86. The highest BCUT2D eigenvalue weighted by atomic mass is 16.2. The molecule has 1 aromatic heterocycles. The predicted molar refractivity (Wildman–Crippen MR) is 118 cm³/mol. The minimum absolute atomic E-state index is 0.0566. The molecule has 0 aliphatic carbocycles. The van der Waals surface area contributed by atoms with E-state index in [2.05, 4.69) is 36.4 Å². The van der Waals surface area contributed by atoms with E-state index < -0.39 is 0 Å². The smallest absolute Gasteiger partial charge is 0.251 e. The average Bonchev–Trinajstić information content (AvgIpc) is 2.76. The quantitative estimate of drug-likeness (QED) is 0.649. The van der Waals surface area contributed by atoms with Gasteiger partial charge in [-0.15, -0.1) is 0 Å². The highest BCUT2D eigenvalue weighted by Gasteiger charge is 2.14. The molecule has 0 aliphatic heterocycles. The van der Waals surface area contributed by atoms with Crippen molar-refractivity contribution < 1.29 is 9.59 Å². The molecule has 3 aromatic rings. The molecule has 1 heterocycles.